The molecule has 0 unspecified atom stereocenters. The van der Waals surface area contributed by atoms with Gasteiger partial charge in [0.05, 0.1) is 0 Å². The van der Waals surface area contributed by atoms with Gasteiger partial charge in [0.1, 0.15) is 11.4 Å². The van der Waals surface area contributed by atoms with Crippen molar-refractivity contribution in [3.8, 4) is 5.75 Å². The molecular weight excluding hydrogens is 414 g/mol. The van der Waals surface area contributed by atoms with E-state index >= 15 is 0 Å². The van der Waals surface area contributed by atoms with E-state index in [9.17, 15) is 31.1 Å². The zero-order chi connectivity index (χ0) is 23.0. The van der Waals surface area contributed by atoms with Crippen LogP contribution in [0.3, 0.4) is 0 Å². The molecule has 0 aliphatic rings. The first kappa shape index (κ1) is 23.6. The Labute approximate surface area is 169 Å². The molecule has 0 heterocycles. The topological polar surface area (TPSA) is 35.5 Å². The predicted octanol–water partition coefficient (Wildman–Crippen LogP) is 6.72. The van der Waals surface area contributed by atoms with E-state index in [1.807, 2.05) is 0 Å². The van der Waals surface area contributed by atoms with Crippen LogP contribution in [-0.4, -0.2) is 24.1 Å². The van der Waals surface area contributed by atoms with Crippen molar-refractivity contribution in [2.75, 3.05) is 0 Å². The third-order valence-electron chi connectivity index (χ3n) is 4.21. The van der Waals surface area contributed by atoms with Crippen molar-refractivity contribution in [3.05, 3.63) is 65.2 Å². The van der Waals surface area contributed by atoms with Crippen LogP contribution in [0.2, 0.25) is 0 Å². The summed E-state index contributed by atoms with van der Waals surface area (Å²) < 4.78 is 93.8. The van der Waals surface area contributed by atoms with E-state index in [2.05, 4.69) is 0 Å². The van der Waals surface area contributed by atoms with Gasteiger partial charge in [-0.1, -0.05) is 42.0 Å². The molecule has 3 nitrogen and oxygen atoms in total. The molecule has 30 heavy (non-hydrogen) atoms. The Kier molecular flexibility index (Phi) is 6.16. The van der Waals surface area contributed by atoms with E-state index in [4.69, 9.17) is 9.47 Å². The van der Waals surface area contributed by atoms with Crippen molar-refractivity contribution >= 4 is 6.16 Å². The summed E-state index contributed by atoms with van der Waals surface area (Å²) in [6.45, 7) is 6.26. The fourth-order valence-electron chi connectivity index (χ4n) is 2.93. The SMILES string of the molecule is Cc1ccc(C(c2ccc(OC(=O)OC(C)(C)C)cc2)(C(F)(F)F)C(F)(F)F)cc1. The van der Waals surface area contributed by atoms with Gasteiger partial charge in [-0.05, 0) is 51.0 Å². The maximum Gasteiger partial charge on any atom is 0.514 e. The van der Waals surface area contributed by atoms with Crippen molar-refractivity contribution in [2.45, 2.75) is 51.1 Å². The number of rotatable bonds is 3. The second-order valence-electron chi connectivity index (χ2n) is 7.70. The summed E-state index contributed by atoms with van der Waals surface area (Å²) in [6, 6.07) is 6.98. The quantitative estimate of drug-likeness (QED) is 0.306. The minimum atomic E-state index is -5.69. The zero-order valence-corrected chi connectivity index (χ0v) is 16.6. The molecule has 0 saturated heterocycles. The van der Waals surface area contributed by atoms with Crippen LogP contribution in [0.25, 0.3) is 0 Å². The van der Waals surface area contributed by atoms with E-state index < -0.39 is 40.7 Å². The summed E-state index contributed by atoms with van der Waals surface area (Å²) in [5.74, 6) is -0.254. The molecule has 0 saturated carbocycles. The highest BCUT2D eigenvalue weighted by molar-refractivity contribution is 5.64. The molecule has 2 aromatic carbocycles. The molecule has 2 rings (SSSR count). The van der Waals surface area contributed by atoms with Gasteiger partial charge in [0.15, 0.2) is 0 Å². The van der Waals surface area contributed by atoms with E-state index in [1.165, 1.54) is 12.1 Å². The average molecular weight is 434 g/mol. The fraction of sp³-hybridized carbons (Fsp3) is 0.381. The number of aryl methyl sites for hydroxylation is 1. The van der Waals surface area contributed by atoms with Gasteiger partial charge in [0.2, 0.25) is 5.41 Å². The first-order chi connectivity index (χ1) is 13.6. The number of hydrogen-bond donors (Lipinski definition) is 0. The number of carbonyl (C=O) groups excluding carboxylic acids is 1. The minimum Gasteiger partial charge on any atom is -0.428 e. The monoisotopic (exact) mass is 434 g/mol. The normalized spacial score (nSPS) is 13.1. The predicted molar refractivity (Wildman–Crippen MR) is 97.4 cm³/mol. The fourth-order valence-corrected chi connectivity index (χ4v) is 2.93. The number of hydrogen-bond acceptors (Lipinski definition) is 3. The summed E-state index contributed by atoms with van der Waals surface area (Å²) in [4.78, 5) is 11.7. The standard InChI is InChI=1S/C21H20F6O3/c1-13-5-7-14(8-6-13)19(20(22,23)24,21(25,26)27)15-9-11-16(12-10-15)29-17(28)30-18(2,3)4/h5-12H,1-4H3. The number of benzene rings is 2. The molecular formula is C21H20F6O3. The highest BCUT2D eigenvalue weighted by atomic mass is 19.4. The van der Waals surface area contributed by atoms with Crippen LogP contribution in [0.4, 0.5) is 31.1 Å². The Morgan fingerprint density at radius 1 is 0.733 bits per heavy atom. The number of halogens is 6. The van der Waals surface area contributed by atoms with Gasteiger partial charge in [0, 0.05) is 0 Å². The molecule has 0 aromatic heterocycles. The van der Waals surface area contributed by atoms with Gasteiger partial charge < -0.3 is 9.47 Å². The van der Waals surface area contributed by atoms with Crippen LogP contribution in [0.15, 0.2) is 48.5 Å². The Morgan fingerprint density at radius 2 is 1.13 bits per heavy atom. The van der Waals surface area contributed by atoms with Gasteiger partial charge in [-0.25, -0.2) is 4.79 Å². The first-order valence-corrected chi connectivity index (χ1v) is 8.80. The van der Waals surface area contributed by atoms with Crippen LogP contribution < -0.4 is 4.74 Å². The van der Waals surface area contributed by atoms with Crippen LogP contribution in [-0.2, 0) is 10.2 Å². The van der Waals surface area contributed by atoms with Crippen molar-refractivity contribution < 1.29 is 40.6 Å². The lowest BCUT2D eigenvalue weighted by Crippen LogP contribution is -2.54. The summed E-state index contributed by atoms with van der Waals surface area (Å²) in [6.07, 6.45) is -12.5. The van der Waals surface area contributed by atoms with E-state index in [0.29, 0.717) is 17.7 Å². The van der Waals surface area contributed by atoms with E-state index in [-0.39, 0.29) is 5.75 Å². The third kappa shape index (κ3) is 4.71. The molecule has 9 heteroatoms. The van der Waals surface area contributed by atoms with Gasteiger partial charge in [-0.15, -0.1) is 0 Å². The lowest BCUT2D eigenvalue weighted by atomic mass is 9.72. The van der Waals surface area contributed by atoms with Crippen molar-refractivity contribution in [1.82, 2.24) is 0 Å². The molecule has 2 aromatic rings. The van der Waals surface area contributed by atoms with Crippen LogP contribution in [0.1, 0.15) is 37.5 Å². The summed E-state index contributed by atoms with van der Waals surface area (Å²) >= 11 is 0. The molecule has 0 spiro atoms. The molecule has 0 fully saturated rings. The third-order valence-corrected chi connectivity index (χ3v) is 4.21. The van der Waals surface area contributed by atoms with Crippen LogP contribution in [0.5, 0.6) is 5.75 Å². The Bertz CT molecular complexity index is 861. The Balaban J connectivity index is 2.55. The maximum atomic E-state index is 14.0. The molecule has 164 valence electrons. The van der Waals surface area contributed by atoms with Gasteiger partial charge >= 0.3 is 18.5 Å². The lowest BCUT2D eigenvalue weighted by molar-refractivity contribution is -0.288. The molecule has 0 N–H and O–H groups in total. The maximum absolute atomic E-state index is 14.0. The summed E-state index contributed by atoms with van der Waals surface area (Å²) in [7, 11) is 0. The first-order valence-electron chi connectivity index (χ1n) is 8.80. The van der Waals surface area contributed by atoms with Crippen molar-refractivity contribution in [2.24, 2.45) is 0 Å². The second kappa shape index (κ2) is 7.85. The zero-order valence-electron chi connectivity index (χ0n) is 16.6. The Morgan fingerprint density at radius 3 is 1.50 bits per heavy atom. The van der Waals surface area contributed by atoms with Crippen molar-refractivity contribution in [1.29, 1.82) is 0 Å². The molecule has 0 bridgehead atoms. The number of carbonyl (C=O) groups is 1. The highest BCUT2D eigenvalue weighted by Crippen LogP contribution is 2.56. The van der Waals surface area contributed by atoms with Gasteiger partial charge in [-0.3, -0.25) is 0 Å². The molecule has 0 atom stereocenters. The average Bonchev–Trinajstić information content (AvgIpc) is 2.54. The number of alkyl halides is 6. The number of ether oxygens (including phenoxy) is 2. The van der Waals surface area contributed by atoms with Crippen molar-refractivity contribution in [3.63, 3.8) is 0 Å². The summed E-state index contributed by atoms with van der Waals surface area (Å²) in [5, 5.41) is 0. The van der Waals surface area contributed by atoms with Gasteiger partial charge in [-0.2, -0.15) is 26.3 Å². The molecule has 0 radical (unpaired) electrons. The summed E-state index contributed by atoms with van der Waals surface area (Å²) in [5.41, 5.74) is -6.64. The molecule has 0 aliphatic carbocycles. The van der Waals surface area contributed by atoms with Crippen LogP contribution in [0, 0.1) is 6.92 Å². The smallest absolute Gasteiger partial charge is 0.428 e. The highest BCUT2D eigenvalue weighted by Gasteiger charge is 2.72. The largest absolute Gasteiger partial charge is 0.514 e. The van der Waals surface area contributed by atoms with Crippen LogP contribution >= 0.6 is 0 Å². The second-order valence-corrected chi connectivity index (χ2v) is 7.70. The molecule has 0 amide bonds. The van der Waals surface area contributed by atoms with E-state index in [1.54, 1.807) is 27.7 Å². The molecule has 0 aliphatic heterocycles. The van der Waals surface area contributed by atoms with E-state index in [0.717, 1.165) is 24.3 Å². The minimum absolute atomic E-state index is 0.254. The van der Waals surface area contributed by atoms with Gasteiger partial charge in [0.25, 0.3) is 0 Å². The lowest BCUT2D eigenvalue weighted by Gasteiger charge is -2.38. The Hall–Kier alpha value is -2.71.